The molecule has 48 heavy (non-hydrogen) atoms. The van der Waals surface area contributed by atoms with Crippen LogP contribution in [-0.4, -0.2) is 20.4 Å². The summed E-state index contributed by atoms with van der Waals surface area (Å²) in [5, 5.41) is 51.4. The Bertz CT molecular complexity index is 2600. The summed E-state index contributed by atoms with van der Waals surface area (Å²) in [5.74, 6) is -2.17. The zero-order valence-corrected chi connectivity index (χ0v) is 26.0. The van der Waals surface area contributed by atoms with Crippen LogP contribution in [0.2, 0.25) is 0 Å². The van der Waals surface area contributed by atoms with Gasteiger partial charge in [0.25, 0.3) is 0 Å². The highest BCUT2D eigenvalue weighted by Gasteiger charge is 2.29. The predicted molar refractivity (Wildman–Crippen MR) is 196 cm³/mol. The van der Waals surface area contributed by atoms with Crippen LogP contribution in [0.25, 0.3) is 89.0 Å². The molecule has 0 aliphatic carbocycles. The van der Waals surface area contributed by atoms with Crippen molar-refractivity contribution in [3.8, 4) is 56.4 Å². The number of aromatic hydroxyl groups is 4. The zero-order valence-electron chi connectivity index (χ0n) is 26.0. The van der Waals surface area contributed by atoms with Crippen LogP contribution < -0.4 is 0 Å². The Kier molecular flexibility index (Phi) is 6.70. The van der Waals surface area contributed by atoms with Gasteiger partial charge in [-0.15, -0.1) is 0 Å². The third kappa shape index (κ3) is 4.18. The summed E-state index contributed by atoms with van der Waals surface area (Å²) in [6, 6.07) is 34.9. The molecule has 1 heterocycles. The molecule has 0 aliphatic heterocycles. The number of phenols is 4. The molecule has 4 N–H and O–H groups in total. The lowest BCUT2D eigenvalue weighted by molar-refractivity contribution is 0.378. The van der Waals surface area contributed by atoms with E-state index in [0.717, 1.165) is 54.8 Å². The van der Waals surface area contributed by atoms with Gasteiger partial charge >= 0.3 is 0 Å². The number of furan rings is 1. The van der Waals surface area contributed by atoms with Crippen LogP contribution >= 0.6 is 0 Å². The first-order chi connectivity index (χ1) is 23.4. The Morgan fingerprint density at radius 2 is 1.12 bits per heavy atom. The van der Waals surface area contributed by atoms with E-state index in [4.69, 9.17) is 4.42 Å². The smallest absolute Gasteiger partial charge is 0.170 e. The third-order valence-electron chi connectivity index (χ3n) is 9.19. The summed E-state index contributed by atoms with van der Waals surface area (Å²) in [6.07, 6.45) is 5.55. The maximum absolute atomic E-state index is 11.6. The second-order valence-electron chi connectivity index (χ2n) is 11.8. The Labute approximate surface area is 276 Å². The molecule has 0 amide bonds. The first-order valence-corrected chi connectivity index (χ1v) is 15.7. The topological polar surface area (TPSA) is 94.1 Å². The molecule has 0 saturated heterocycles. The van der Waals surface area contributed by atoms with E-state index < -0.39 is 23.0 Å². The molecule has 232 valence electrons. The maximum Gasteiger partial charge on any atom is 0.170 e. The van der Waals surface area contributed by atoms with Gasteiger partial charge in [-0.05, 0) is 69.1 Å². The fourth-order valence-electron chi connectivity index (χ4n) is 7.08. The highest BCUT2D eigenvalue weighted by Crippen LogP contribution is 2.57. The second-order valence-corrected chi connectivity index (χ2v) is 11.8. The molecule has 1 aromatic heterocycles. The lowest BCUT2D eigenvalue weighted by Gasteiger charge is -2.22. The molecule has 0 radical (unpaired) electrons. The molecule has 5 heteroatoms. The number of fused-ring (bicyclic) bond motifs is 6. The van der Waals surface area contributed by atoms with Crippen LogP contribution in [0.15, 0.2) is 126 Å². The third-order valence-corrected chi connectivity index (χ3v) is 9.19. The van der Waals surface area contributed by atoms with Crippen molar-refractivity contribution in [1.82, 2.24) is 0 Å². The number of phenolic OH excluding ortho intramolecular Hbond substituents is 4. The highest BCUT2D eigenvalue weighted by atomic mass is 16.3. The van der Waals surface area contributed by atoms with E-state index in [-0.39, 0.29) is 11.1 Å². The summed E-state index contributed by atoms with van der Waals surface area (Å²) in [7, 11) is 0. The Balaban J connectivity index is 1.44. The normalized spacial score (nSPS) is 11.8. The number of hydrogen-bond donors (Lipinski definition) is 4. The second kappa shape index (κ2) is 11.1. The predicted octanol–water partition coefficient (Wildman–Crippen LogP) is 11.4. The van der Waals surface area contributed by atoms with Gasteiger partial charge < -0.3 is 24.8 Å². The van der Waals surface area contributed by atoms with Gasteiger partial charge in [0.05, 0.1) is 11.1 Å². The van der Waals surface area contributed by atoms with E-state index >= 15 is 0 Å². The van der Waals surface area contributed by atoms with E-state index in [1.165, 1.54) is 0 Å². The van der Waals surface area contributed by atoms with Crippen molar-refractivity contribution < 1.29 is 24.8 Å². The van der Waals surface area contributed by atoms with Crippen molar-refractivity contribution in [1.29, 1.82) is 0 Å². The molecule has 8 aromatic rings. The number of benzene rings is 7. The Hall–Kier alpha value is -6.46. The van der Waals surface area contributed by atoms with Crippen LogP contribution in [0.4, 0.5) is 0 Å². The average Bonchev–Trinajstić information content (AvgIpc) is 3.50. The Morgan fingerprint density at radius 1 is 0.521 bits per heavy atom. The first-order valence-electron chi connectivity index (χ1n) is 15.7. The largest absolute Gasteiger partial charge is 0.504 e. The van der Waals surface area contributed by atoms with Crippen LogP contribution in [0.3, 0.4) is 0 Å². The van der Waals surface area contributed by atoms with Gasteiger partial charge in [-0.25, -0.2) is 0 Å². The van der Waals surface area contributed by atoms with Crippen molar-refractivity contribution in [2.75, 3.05) is 0 Å². The number of hydrogen-bond acceptors (Lipinski definition) is 5. The standard InChI is InChI=1S/C43H30O5/c1-3-12-30-27(4-2)37(38-41(46)39(44)36(40(45)42(38)47)25-14-6-5-7-15-25)32-18-11-10-17-31(32)35(30)26-20-21-29-33-22-19-24-13-8-9-16-28(24)43(33)48-34(29)23-26/h3-23,44-47H,2H2,1H3/b12-3-. The fourth-order valence-corrected chi connectivity index (χ4v) is 7.08. The number of allylic oxidation sites excluding steroid dienone is 1. The molecule has 7 aromatic carbocycles. The minimum absolute atomic E-state index is 0.0592. The zero-order chi connectivity index (χ0) is 33.1. The van der Waals surface area contributed by atoms with Gasteiger partial charge in [0.1, 0.15) is 11.2 Å². The molecule has 0 atom stereocenters. The monoisotopic (exact) mass is 626 g/mol. The molecule has 0 bridgehead atoms. The van der Waals surface area contributed by atoms with Gasteiger partial charge in [0.15, 0.2) is 23.0 Å². The molecule has 0 unspecified atom stereocenters. The van der Waals surface area contributed by atoms with Crippen LogP contribution in [0, 0.1) is 0 Å². The van der Waals surface area contributed by atoms with E-state index in [2.05, 4.69) is 43.0 Å². The lowest BCUT2D eigenvalue weighted by atomic mass is 9.82. The summed E-state index contributed by atoms with van der Waals surface area (Å²) in [4.78, 5) is 0. The summed E-state index contributed by atoms with van der Waals surface area (Å²) >= 11 is 0. The average molecular weight is 627 g/mol. The summed E-state index contributed by atoms with van der Waals surface area (Å²) in [5.41, 5.74) is 5.51. The molecule has 8 rings (SSSR count). The lowest BCUT2D eigenvalue weighted by Crippen LogP contribution is -1.97. The van der Waals surface area contributed by atoms with Crippen molar-refractivity contribution in [2.24, 2.45) is 0 Å². The molecule has 0 aliphatic rings. The van der Waals surface area contributed by atoms with Gasteiger partial charge in [0.2, 0.25) is 0 Å². The SMILES string of the molecule is C=Cc1c(/C=C\C)c(-c2ccc3c(c2)oc2c4ccccc4ccc32)c2ccccc2c1-c1c(O)c(O)c(-c2ccccc2)c(O)c1O. The van der Waals surface area contributed by atoms with Gasteiger partial charge in [-0.2, -0.15) is 0 Å². The van der Waals surface area contributed by atoms with Crippen molar-refractivity contribution >= 4 is 55.6 Å². The van der Waals surface area contributed by atoms with Gasteiger partial charge in [-0.1, -0.05) is 116 Å². The van der Waals surface area contributed by atoms with Gasteiger partial charge in [0, 0.05) is 21.7 Å². The minimum atomic E-state index is -0.549. The highest BCUT2D eigenvalue weighted by molar-refractivity contribution is 6.17. The first kappa shape index (κ1) is 29.0. The van der Waals surface area contributed by atoms with E-state index in [9.17, 15) is 20.4 Å². The molecule has 0 fully saturated rings. The number of rotatable bonds is 5. The van der Waals surface area contributed by atoms with Gasteiger partial charge in [-0.3, -0.25) is 0 Å². The molecule has 5 nitrogen and oxygen atoms in total. The van der Waals surface area contributed by atoms with Crippen LogP contribution in [0.1, 0.15) is 18.1 Å². The molecule has 0 saturated carbocycles. The fraction of sp³-hybridized carbons (Fsp3) is 0.0233. The summed E-state index contributed by atoms with van der Waals surface area (Å²) < 4.78 is 6.54. The van der Waals surface area contributed by atoms with Crippen molar-refractivity contribution in [3.63, 3.8) is 0 Å². The minimum Gasteiger partial charge on any atom is -0.504 e. The summed E-state index contributed by atoms with van der Waals surface area (Å²) in [6.45, 7) is 6.05. The molecular formula is C43H30O5. The van der Waals surface area contributed by atoms with E-state index in [1.54, 1.807) is 36.4 Å². The molecule has 0 spiro atoms. The quantitative estimate of drug-likeness (QED) is 0.113. The molecular weight excluding hydrogens is 596 g/mol. The Morgan fingerprint density at radius 3 is 1.81 bits per heavy atom. The van der Waals surface area contributed by atoms with E-state index in [0.29, 0.717) is 22.1 Å². The van der Waals surface area contributed by atoms with Crippen molar-refractivity contribution in [3.05, 3.63) is 133 Å². The van der Waals surface area contributed by atoms with Crippen molar-refractivity contribution in [2.45, 2.75) is 6.92 Å². The van der Waals surface area contributed by atoms with E-state index in [1.807, 2.05) is 61.5 Å². The maximum atomic E-state index is 11.6. The van der Waals surface area contributed by atoms with Crippen LogP contribution in [-0.2, 0) is 0 Å². The van der Waals surface area contributed by atoms with Crippen LogP contribution in [0.5, 0.6) is 23.0 Å².